The molecule has 5 nitrogen and oxygen atoms in total. The van der Waals surface area contributed by atoms with Crippen molar-refractivity contribution >= 4 is 16.7 Å². The number of phenols is 2. The maximum atomic E-state index is 11.9. The molecule has 20 heavy (non-hydrogen) atoms. The number of rotatable bonds is 1. The molecule has 0 radical (unpaired) electrons. The molecule has 1 aliphatic rings. The standard InChI is InChI=1S/C15H14O5/c1-7-3-8-4-9-5-10(19-2)6-11(16)12(9)14(17)13(8)15(18)20-7/h4-7,16-17H,3H2,1-2H3/t7-/m1/s1. The van der Waals surface area contributed by atoms with Gasteiger partial charge in [0, 0.05) is 12.5 Å². The van der Waals surface area contributed by atoms with Gasteiger partial charge in [0.05, 0.1) is 12.5 Å². The number of benzene rings is 2. The number of esters is 1. The normalized spacial score (nSPS) is 17.7. The Kier molecular flexibility index (Phi) is 2.71. The Balaban J connectivity index is 2.36. The zero-order valence-electron chi connectivity index (χ0n) is 11.1. The summed E-state index contributed by atoms with van der Waals surface area (Å²) in [5, 5.41) is 21.2. The van der Waals surface area contributed by atoms with Crippen molar-refractivity contribution in [3.05, 3.63) is 29.3 Å². The lowest BCUT2D eigenvalue weighted by Gasteiger charge is -2.23. The van der Waals surface area contributed by atoms with Crippen LogP contribution in [0.1, 0.15) is 22.8 Å². The summed E-state index contributed by atoms with van der Waals surface area (Å²) >= 11 is 0. The molecule has 0 fully saturated rings. The second-order valence-electron chi connectivity index (χ2n) is 4.92. The van der Waals surface area contributed by atoms with E-state index in [1.165, 1.54) is 13.2 Å². The van der Waals surface area contributed by atoms with E-state index in [4.69, 9.17) is 9.47 Å². The predicted molar refractivity (Wildman–Crippen MR) is 72.4 cm³/mol. The van der Waals surface area contributed by atoms with Crippen molar-refractivity contribution in [1.82, 2.24) is 0 Å². The van der Waals surface area contributed by atoms with Gasteiger partial charge < -0.3 is 19.7 Å². The van der Waals surface area contributed by atoms with Crippen LogP contribution < -0.4 is 4.74 Å². The number of carbonyl (C=O) groups excluding carboxylic acids is 1. The number of phenolic OH excluding ortho intramolecular Hbond substituents is 2. The SMILES string of the molecule is COc1cc(O)c2c(O)c3c(cc2c1)C[C@@H](C)OC3=O. The summed E-state index contributed by atoms with van der Waals surface area (Å²) < 4.78 is 10.2. The first-order valence-electron chi connectivity index (χ1n) is 6.27. The van der Waals surface area contributed by atoms with Crippen molar-refractivity contribution in [3.8, 4) is 17.2 Å². The topological polar surface area (TPSA) is 76.0 Å². The Morgan fingerprint density at radius 1 is 1.30 bits per heavy atom. The summed E-state index contributed by atoms with van der Waals surface area (Å²) in [6.07, 6.45) is 0.300. The molecule has 0 aromatic heterocycles. The van der Waals surface area contributed by atoms with Crippen LogP contribution in [0.3, 0.4) is 0 Å². The summed E-state index contributed by atoms with van der Waals surface area (Å²) in [5.41, 5.74) is 0.850. The molecule has 0 bridgehead atoms. The third-order valence-electron chi connectivity index (χ3n) is 3.50. The maximum Gasteiger partial charge on any atom is 0.342 e. The van der Waals surface area contributed by atoms with E-state index in [9.17, 15) is 15.0 Å². The second kappa shape index (κ2) is 4.30. The lowest BCUT2D eigenvalue weighted by molar-refractivity contribution is 0.0298. The summed E-state index contributed by atoms with van der Waals surface area (Å²) in [5.74, 6) is -0.449. The van der Waals surface area contributed by atoms with Crippen LogP contribution in [0.25, 0.3) is 10.8 Å². The molecule has 2 N–H and O–H groups in total. The highest BCUT2D eigenvalue weighted by atomic mass is 16.5. The van der Waals surface area contributed by atoms with Crippen molar-refractivity contribution in [3.63, 3.8) is 0 Å². The van der Waals surface area contributed by atoms with E-state index in [-0.39, 0.29) is 28.6 Å². The Hall–Kier alpha value is -2.43. The van der Waals surface area contributed by atoms with Crippen LogP contribution in [0.2, 0.25) is 0 Å². The van der Waals surface area contributed by atoms with Crippen LogP contribution in [-0.4, -0.2) is 29.4 Å². The Bertz CT molecular complexity index is 720. The number of fused-ring (bicyclic) bond motifs is 2. The zero-order valence-corrected chi connectivity index (χ0v) is 11.1. The van der Waals surface area contributed by atoms with E-state index in [2.05, 4.69) is 0 Å². The highest BCUT2D eigenvalue weighted by molar-refractivity contribution is 6.05. The quantitative estimate of drug-likeness (QED) is 0.781. The predicted octanol–water partition coefficient (Wildman–Crippen LogP) is 2.36. The molecule has 5 heteroatoms. The van der Waals surface area contributed by atoms with Gasteiger partial charge in [-0.3, -0.25) is 0 Å². The number of cyclic esters (lactones) is 1. The molecule has 2 aromatic rings. The van der Waals surface area contributed by atoms with E-state index >= 15 is 0 Å². The molecule has 0 saturated carbocycles. The third kappa shape index (κ3) is 1.74. The Morgan fingerprint density at radius 2 is 2.05 bits per heavy atom. The molecule has 1 heterocycles. The lowest BCUT2D eigenvalue weighted by Crippen LogP contribution is -2.25. The number of carbonyl (C=O) groups is 1. The average molecular weight is 274 g/mol. The molecule has 0 aliphatic carbocycles. The van der Waals surface area contributed by atoms with Crippen LogP contribution in [0.5, 0.6) is 17.2 Å². The molecule has 0 spiro atoms. The summed E-state index contributed by atoms with van der Waals surface area (Å²) in [6, 6.07) is 4.88. The van der Waals surface area contributed by atoms with Crippen LogP contribution in [-0.2, 0) is 11.2 Å². The first kappa shape index (κ1) is 12.6. The molecular formula is C15H14O5. The highest BCUT2D eigenvalue weighted by Gasteiger charge is 2.29. The first-order chi connectivity index (χ1) is 9.51. The number of hydrogen-bond donors (Lipinski definition) is 2. The first-order valence-corrected chi connectivity index (χ1v) is 6.27. The summed E-state index contributed by atoms with van der Waals surface area (Å²) in [6.45, 7) is 1.80. The number of ether oxygens (including phenoxy) is 2. The molecule has 3 rings (SSSR count). The number of aromatic hydroxyl groups is 2. The van der Waals surface area contributed by atoms with Crippen molar-refractivity contribution < 1.29 is 24.5 Å². The van der Waals surface area contributed by atoms with Crippen LogP contribution in [0.4, 0.5) is 0 Å². The molecule has 0 saturated heterocycles. The van der Waals surface area contributed by atoms with E-state index < -0.39 is 5.97 Å². The number of methoxy groups -OCH3 is 1. The minimum atomic E-state index is -0.562. The molecule has 2 aromatic carbocycles. The van der Waals surface area contributed by atoms with E-state index in [1.54, 1.807) is 19.1 Å². The molecule has 1 aliphatic heterocycles. The summed E-state index contributed by atoms with van der Waals surface area (Å²) in [4.78, 5) is 11.9. The van der Waals surface area contributed by atoms with Gasteiger partial charge in [0.15, 0.2) is 0 Å². The fourth-order valence-corrected chi connectivity index (χ4v) is 2.63. The minimum absolute atomic E-state index is 0.133. The maximum absolute atomic E-state index is 11.9. The smallest absolute Gasteiger partial charge is 0.342 e. The lowest BCUT2D eigenvalue weighted by atomic mass is 9.93. The van der Waals surface area contributed by atoms with Gasteiger partial charge in [0.1, 0.15) is 28.9 Å². The zero-order chi connectivity index (χ0) is 14.4. The third-order valence-corrected chi connectivity index (χ3v) is 3.50. The molecule has 104 valence electrons. The largest absolute Gasteiger partial charge is 0.507 e. The molecule has 1 atom stereocenters. The van der Waals surface area contributed by atoms with Crippen molar-refractivity contribution in [2.75, 3.05) is 7.11 Å². The monoisotopic (exact) mass is 274 g/mol. The van der Waals surface area contributed by atoms with Crippen molar-refractivity contribution in [1.29, 1.82) is 0 Å². The summed E-state index contributed by atoms with van der Waals surface area (Å²) in [7, 11) is 1.50. The van der Waals surface area contributed by atoms with E-state index in [0.717, 1.165) is 0 Å². The number of hydrogen-bond acceptors (Lipinski definition) is 5. The Morgan fingerprint density at radius 3 is 2.75 bits per heavy atom. The van der Waals surface area contributed by atoms with Crippen molar-refractivity contribution in [2.24, 2.45) is 0 Å². The van der Waals surface area contributed by atoms with Gasteiger partial charge in [-0.25, -0.2) is 4.79 Å². The second-order valence-corrected chi connectivity index (χ2v) is 4.92. The van der Waals surface area contributed by atoms with Gasteiger partial charge in [-0.15, -0.1) is 0 Å². The van der Waals surface area contributed by atoms with Crippen molar-refractivity contribution in [2.45, 2.75) is 19.4 Å². The Labute approximate surface area is 115 Å². The van der Waals surface area contributed by atoms with Gasteiger partial charge in [0.25, 0.3) is 0 Å². The fraction of sp³-hybridized carbons (Fsp3) is 0.267. The van der Waals surface area contributed by atoms with Gasteiger partial charge in [-0.05, 0) is 30.0 Å². The molecular weight excluding hydrogens is 260 g/mol. The van der Waals surface area contributed by atoms with Crippen LogP contribution in [0, 0.1) is 0 Å². The van der Waals surface area contributed by atoms with E-state index in [0.29, 0.717) is 23.1 Å². The average Bonchev–Trinajstić information content (AvgIpc) is 2.36. The highest BCUT2D eigenvalue weighted by Crippen LogP contribution is 2.41. The van der Waals surface area contributed by atoms with Gasteiger partial charge in [0.2, 0.25) is 0 Å². The minimum Gasteiger partial charge on any atom is -0.507 e. The fourth-order valence-electron chi connectivity index (χ4n) is 2.63. The van der Waals surface area contributed by atoms with Crippen LogP contribution >= 0.6 is 0 Å². The van der Waals surface area contributed by atoms with Gasteiger partial charge >= 0.3 is 5.97 Å². The van der Waals surface area contributed by atoms with Gasteiger partial charge in [-0.2, -0.15) is 0 Å². The van der Waals surface area contributed by atoms with Gasteiger partial charge in [-0.1, -0.05) is 0 Å². The van der Waals surface area contributed by atoms with Crippen LogP contribution in [0.15, 0.2) is 18.2 Å². The molecule has 0 amide bonds. The molecule has 0 unspecified atom stereocenters. The van der Waals surface area contributed by atoms with E-state index in [1.807, 2.05) is 0 Å².